The minimum absolute atomic E-state index is 0.0784. The molecule has 0 aliphatic rings. The molecule has 0 unspecified atom stereocenters. The first kappa shape index (κ1) is 22.4. The van der Waals surface area contributed by atoms with Crippen LogP contribution in [0, 0.1) is 6.92 Å². The van der Waals surface area contributed by atoms with Crippen LogP contribution in [-0.2, 0) is 10.0 Å². The van der Waals surface area contributed by atoms with Gasteiger partial charge in [-0.2, -0.15) is 0 Å². The van der Waals surface area contributed by atoms with Crippen LogP contribution in [0.4, 0.5) is 0 Å². The van der Waals surface area contributed by atoms with Gasteiger partial charge in [-0.1, -0.05) is 22.0 Å². The van der Waals surface area contributed by atoms with E-state index in [1.54, 1.807) is 33.9 Å². The molecule has 1 N–H and O–H groups in total. The maximum Gasteiger partial charge on any atom is 0.254 e. The number of halogens is 1. The molecular weight excluding hydrogens is 444 g/mol. The van der Waals surface area contributed by atoms with Gasteiger partial charge in [-0.25, -0.2) is 13.1 Å². The molecule has 2 rings (SSSR count). The number of rotatable bonds is 8. The van der Waals surface area contributed by atoms with Crippen LogP contribution in [0.3, 0.4) is 0 Å². The van der Waals surface area contributed by atoms with Crippen molar-refractivity contribution in [3.05, 3.63) is 58.1 Å². The number of likely N-dealkylation sites (N-methyl/N-ethyl adjacent to an activating group) is 1. The average Bonchev–Trinajstić information content (AvgIpc) is 2.62. The molecule has 0 aliphatic carbocycles. The van der Waals surface area contributed by atoms with Crippen LogP contribution in [0.1, 0.15) is 29.8 Å². The summed E-state index contributed by atoms with van der Waals surface area (Å²) >= 11 is 3.37. The number of ether oxygens (including phenoxy) is 1. The number of sulfonamides is 1. The number of carbonyl (C=O) groups is 1. The van der Waals surface area contributed by atoms with E-state index in [9.17, 15) is 13.2 Å². The van der Waals surface area contributed by atoms with Crippen LogP contribution < -0.4 is 9.46 Å². The predicted octanol–water partition coefficient (Wildman–Crippen LogP) is 3.60. The summed E-state index contributed by atoms with van der Waals surface area (Å²) < 4.78 is 33.9. The number of nitrogens with one attached hydrogen (secondary N) is 1. The molecule has 28 heavy (non-hydrogen) atoms. The van der Waals surface area contributed by atoms with E-state index in [1.165, 1.54) is 17.0 Å². The Bertz CT molecular complexity index is 928. The molecule has 0 atom stereocenters. The fourth-order valence-corrected chi connectivity index (χ4v) is 4.06. The smallest absolute Gasteiger partial charge is 0.254 e. The van der Waals surface area contributed by atoms with Crippen molar-refractivity contribution in [3.63, 3.8) is 0 Å². The van der Waals surface area contributed by atoms with Gasteiger partial charge in [0.15, 0.2) is 0 Å². The standard InChI is InChI=1S/C20H25BrN2O4S/c1-14(2)22-28(25,26)18-10-5-15(3)19(13-18)20(24)23(4)11-12-27-17-8-6-16(21)7-9-17/h5-10,13-14,22H,11-12H2,1-4H3. The Balaban J connectivity index is 2.07. The number of hydrogen-bond acceptors (Lipinski definition) is 4. The molecule has 0 radical (unpaired) electrons. The van der Waals surface area contributed by atoms with Crippen LogP contribution >= 0.6 is 15.9 Å². The number of aryl methyl sites for hydroxylation is 1. The van der Waals surface area contributed by atoms with Gasteiger partial charge in [0.1, 0.15) is 12.4 Å². The monoisotopic (exact) mass is 468 g/mol. The van der Waals surface area contributed by atoms with Gasteiger partial charge in [0.05, 0.1) is 11.4 Å². The Hall–Kier alpha value is -1.90. The Morgan fingerprint density at radius 3 is 2.43 bits per heavy atom. The Labute approximate surface area is 175 Å². The summed E-state index contributed by atoms with van der Waals surface area (Å²) in [5, 5.41) is 0. The molecule has 0 spiro atoms. The van der Waals surface area contributed by atoms with Crippen molar-refractivity contribution in [2.45, 2.75) is 31.7 Å². The highest BCUT2D eigenvalue weighted by atomic mass is 79.9. The lowest BCUT2D eigenvalue weighted by atomic mass is 10.1. The fourth-order valence-electron chi connectivity index (χ4n) is 2.52. The molecule has 152 valence electrons. The van der Waals surface area contributed by atoms with Gasteiger partial charge in [-0.3, -0.25) is 4.79 Å². The Kier molecular flexibility index (Phi) is 7.63. The zero-order valence-corrected chi connectivity index (χ0v) is 18.8. The van der Waals surface area contributed by atoms with Gasteiger partial charge in [-0.15, -0.1) is 0 Å². The number of carbonyl (C=O) groups excluding carboxylic acids is 1. The summed E-state index contributed by atoms with van der Waals surface area (Å²) in [7, 11) is -2.00. The molecule has 0 aliphatic heterocycles. The van der Waals surface area contributed by atoms with E-state index < -0.39 is 10.0 Å². The number of hydrogen-bond donors (Lipinski definition) is 1. The number of nitrogens with zero attached hydrogens (tertiary/aromatic N) is 1. The van der Waals surface area contributed by atoms with Crippen LogP contribution in [-0.4, -0.2) is 45.5 Å². The van der Waals surface area contributed by atoms with Gasteiger partial charge < -0.3 is 9.64 Å². The average molecular weight is 469 g/mol. The van der Waals surface area contributed by atoms with Crippen molar-refractivity contribution in [3.8, 4) is 5.75 Å². The van der Waals surface area contributed by atoms with Crippen molar-refractivity contribution in [1.29, 1.82) is 0 Å². The first-order chi connectivity index (χ1) is 13.1. The van der Waals surface area contributed by atoms with Crippen molar-refractivity contribution in [2.24, 2.45) is 0 Å². The highest BCUT2D eigenvalue weighted by Gasteiger charge is 2.20. The quantitative estimate of drug-likeness (QED) is 0.641. The van der Waals surface area contributed by atoms with E-state index in [0.29, 0.717) is 30.0 Å². The van der Waals surface area contributed by atoms with Crippen LogP contribution in [0.2, 0.25) is 0 Å². The molecule has 0 aromatic heterocycles. The largest absolute Gasteiger partial charge is 0.492 e. The molecule has 0 fully saturated rings. The minimum atomic E-state index is -3.66. The summed E-state index contributed by atoms with van der Waals surface area (Å²) in [4.78, 5) is 14.4. The van der Waals surface area contributed by atoms with Crippen molar-refractivity contribution >= 4 is 31.9 Å². The second-order valence-electron chi connectivity index (χ2n) is 6.78. The summed E-state index contributed by atoms with van der Waals surface area (Å²) in [5.41, 5.74) is 1.08. The molecule has 0 saturated heterocycles. The lowest BCUT2D eigenvalue weighted by Crippen LogP contribution is -2.32. The van der Waals surface area contributed by atoms with Gasteiger partial charge >= 0.3 is 0 Å². The molecular formula is C20H25BrN2O4S. The summed E-state index contributed by atoms with van der Waals surface area (Å²) in [6.45, 7) is 5.98. The lowest BCUT2D eigenvalue weighted by molar-refractivity contribution is 0.0773. The third kappa shape index (κ3) is 6.05. The molecule has 1 amide bonds. The molecule has 0 heterocycles. The molecule has 2 aromatic rings. The van der Waals surface area contributed by atoms with Crippen LogP contribution in [0.5, 0.6) is 5.75 Å². The summed E-state index contributed by atoms with van der Waals surface area (Å²) in [6.07, 6.45) is 0. The Morgan fingerprint density at radius 2 is 1.82 bits per heavy atom. The zero-order valence-electron chi connectivity index (χ0n) is 16.4. The second kappa shape index (κ2) is 9.54. The second-order valence-corrected chi connectivity index (χ2v) is 9.41. The maximum atomic E-state index is 12.8. The van der Waals surface area contributed by atoms with Crippen LogP contribution in [0.25, 0.3) is 0 Å². The Morgan fingerprint density at radius 1 is 1.18 bits per heavy atom. The van der Waals surface area contributed by atoms with Gasteiger partial charge in [0, 0.05) is 23.1 Å². The summed E-state index contributed by atoms with van der Waals surface area (Å²) in [6, 6.07) is 11.8. The minimum Gasteiger partial charge on any atom is -0.492 e. The van der Waals surface area contributed by atoms with Gasteiger partial charge in [-0.05, 0) is 62.7 Å². The fraction of sp³-hybridized carbons (Fsp3) is 0.350. The molecule has 0 bridgehead atoms. The first-order valence-electron chi connectivity index (χ1n) is 8.87. The van der Waals surface area contributed by atoms with Gasteiger partial charge in [0.2, 0.25) is 10.0 Å². The third-order valence-electron chi connectivity index (χ3n) is 4.00. The van der Waals surface area contributed by atoms with E-state index in [1.807, 2.05) is 24.3 Å². The zero-order chi connectivity index (χ0) is 20.9. The van der Waals surface area contributed by atoms with Crippen molar-refractivity contribution < 1.29 is 17.9 Å². The topological polar surface area (TPSA) is 75.7 Å². The van der Waals surface area contributed by atoms with E-state index in [0.717, 1.165) is 4.47 Å². The maximum absolute atomic E-state index is 12.8. The third-order valence-corrected chi connectivity index (χ3v) is 6.18. The molecule has 6 nitrogen and oxygen atoms in total. The van der Waals surface area contributed by atoms with Crippen molar-refractivity contribution in [1.82, 2.24) is 9.62 Å². The van der Waals surface area contributed by atoms with Crippen LogP contribution in [0.15, 0.2) is 51.8 Å². The number of benzene rings is 2. The molecule has 0 saturated carbocycles. The SMILES string of the molecule is Cc1ccc(S(=O)(=O)NC(C)C)cc1C(=O)N(C)CCOc1ccc(Br)cc1. The molecule has 8 heteroatoms. The van der Waals surface area contributed by atoms with E-state index in [2.05, 4.69) is 20.7 Å². The normalized spacial score (nSPS) is 11.5. The highest BCUT2D eigenvalue weighted by Crippen LogP contribution is 2.18. The van der Waals surface area contributed by atoms with E-state index in [4.69, 9.17) is 4.74 Å². The first-order valence-corrected chi connectivity index (χ1v) is 11.1. The van der Waals surface area contributed by atoms with E-state index in [-0.39, 0.29) is 16.8 Å². The predicted molar refractivity (Wildman–Crippen MR) is 113 cm³/mol. The highest BCUT2D eigenvalue weighted by molar-refractivity contribution is 9.10. The van der Waals surface area contributed by atoms with E-state index >= 15 is 0 Å². The summed E-state index contributed by atoms with van der Waals surface area (Å²) in [5.74, 6) is 0.464. The molecule has 2 aromatic carbocycles. The van der Waals surface area contributed by atoms with Gasteiger partial charge in [0.25, 0.3) is 5.91 Å². The van der Waals surface area contributed by atoms with Crippen molar-refractivity contribution in [2.75, 3.05) is 20.2 Å². The number of amides is 1. The lowest BCUT2D eigenvalue weighted by Gasteiger charge is -2.19.